The molecule has 0 aliphatic heterocycles. The maximum atomic E-state index is 13.0. The lowest BCUT2D eigenvalue weighted by molar-refractivity contribution is 0.402. The van der Waals surface area contributed by atoms with Crippen molar-refractivity contribution in [3.63, 3.8) is 0 Å². The molecule has 0 bridgehead atoms. The van der Waals surface area contributed by atoms with Crippen molar-refractivity contribution in [3.05, 3.63) is 24.3 Å². The van der Waals surface area contributed by atoms with E-state index in [0.29, 0.717) is 5.92 Å². The lowest BCUT2D eigenvalue weighted by Crippen LogP contribution is -2.37. The monoisotopic (exact) mass is 335 g/mol. The Bertz CT molecular complexity index is 730. The summed E-state index contributed by atoms with van der Waals surface area (Å²) in [7, 11) is -8.79. The van der Waals surface area contributed by atoms with Crippen LogP contribution in [0, 0.1) is 11.8 Å². The highest BCUT2D eigenvalue weighted by Crippen LogP contribution is 2.32. The number of benzene rings is 1. The van der Waals surface area contributed by atoms with Crippen molar-refractivity contribution in [2.45, 2.75) is 42.5 Å². The molecular formula is C13H18FNO4S2. The molecular weight excluding hydrogens is 317 g/mol. The third-order valence-electron chi connectivity index (χ3n) is 4.17. The number of nitrogens with one attached hydrogen (secondary N) is 1. The van der Waals surface area contributed by atoms with Gasteiger partial charge in [-0.15, -0.1) is 3.89 Å². The molecule has 118 valence electrons. The Morgan fingerprint density at radius 1 is 1.10 bits per heavy atom. The van der Waals surface area contributed by atoms with Gasteiger partial charge >= 0.3 is 10.2 Å². The predicted octanol–water partition coefficient (Wildman–Crippen LogP) is 2.06. The average Bonchev–Trinajstić information content (AvgIpc) is 2.69. The van der Waals surface area contributed by atoms with Gasteiger partial charge in [0.2, 0.25) is 10.0 Å². The van der Waals surface area contributed by atoms with Crippen molar-refractivity contribution in [3.8, 4) is 0 Å². The Morgan fingerprint density at radius 3 is 2.24 bits per heavy atom. The van der Waals surface area contributed by atoms with Gasteiger partial charge in [-0.25, -0.2) is 13.1 Å². The van der Waals surface area contributed by atoms with Crippen LogP contribution in [0.3, 0.4) is 0 Å². The number of halogens is 1. The van der Waals surface area contributed by atoms with Gasteiger partial charge in [0.1, 0.15) is 0 Å². The summed E-state index contributed by atoms with van der Waals surface area (Å²) in [6, 6.07) is 4.13. The van der Waals surface area contributed by atoms with E-state index in [-0.39, 0.29) is 16.9 Å². The molecule has 3 atom stereocenters. The lowest BCUT2D eigenvalue weighted by Gasteiger charge is -2.19. The molecule has 1 saturated carbocycles. The molecule has 0 spiro atoms. The second kappa shape index (κ2) is 5.66. The molecule has 0 heterocycles. The molecule has 1 fully saturated rings. The molecule has 1 N–H and O–H groups in total. The highest BCUT2D eigenvalue weighted by Gasteiger charge is 2.33. The van der Waals surface area contributed by atoms with Crippen molar-refractivity contribution in [2.24, 2.45) is 11.8 Å². The molecule has 2 rings (SSSR count). The molecule has 1 aromatic carbocycles. The van der Waals surface area contributed by atoms with Gasteiger partial charge in [0, 0.05) is 6.04 Å². The molecule has 1 aromatic rings. The van der Waals surface area contributed by atoms with E-state index in [1.165, 1.54) is 12.1 Å². The minimum absolute atomic E-state index is 0.185. The minimum Gasteiger partial charge on any atom is -0.208 e. The van der Waals surface area contributed by atoms with Crippen LogP contribution < -0.4 is 4.72 Å². The Kier molecular flexibility index (Phi) is 4.41. The highest BCUT2D eigenvalue weighted by atomic mass is 32.3. The zero-order valence-electron chi connectivity index (χ0n) is 11.8. The molecule has 1 aliphatic rings. The first-order chi connectivity index (χ1) is 9.61. The second-order valence-electron chi connectivity index (χ2n) is 5.55. The Hall–Kier alpha value is -0.990. The third-order valence-corrected chi connectivity index (χ3v) is 6.47. The smallest absolute Gasteiger partial charge is 0.208 e. The maximum absolute atomic E-state index is 13.0. The summed E-state index contributed by atoms with van der Waals surface area (Å²) >= 11 is 0. The SMILES string of the molecule is CC1CCC(NS(=O)(=O)c2cccc(S(=O)(=O)F)c2)C1C. The van der Waals surface area contributed by atoms with E-state index in [2.05, 4.69) is 11.6 Å². The maximum Gasteiger partial charge on any atom is 0.332 e. The van der Waals surface area contributed by atoms with Crippen LogP contribution in [-0.2, 0) is 20.2 Å². The van der Waals surface area contributed by atoms with Gasteiger partial charge in [0.05, 0.1) is 9.79 Å². The van der Waals surface area contributed by atoms with Crippen molar-refractivity contribution in [1.82, 2.24) is 4.72 Å². The molecule has 8 heteroatoms. The van der Waals surface area contributed by atoms with Gasteiger partial charge in [-0.05, 0) is 42.9 Å². The molecule has 1 aliphatic carbocycles. The molecule has 21 heavy (non-hydrogen) atoms. The fourth-order valence-electron chi connectivity index (χ4n) is 2.59. The van der Waals surface area contributed by atoms with E-state index in [9.17, 15) is 20.7 Å². The number of hydrogen-bond acceptors (Lipinski definition) is 4. The normalized spacial score (nSPS) is 26.9. The van der Waals surface area contributed by atoms with Gasteiger partial charge in [0.15, 0.2) is 0 Å². The number of sulfonamides is 1. The van der Waals surface area contributed by atoms with Gasteiger partial charge in [0.25, 0.3) is 0 Å². The second-order valence-corrected chi connectivity index (χ2v) is 8.62. The molecule has 0 saturated heterocycles. The molecule has 5 nitrogen and oxygen atoms in total. The van der Waals surface area contributed by atoms with Crippen LogP contribution in [0.25, 0.3) is 0 Å². The van der Waals surface area contributed by atoms with Crippen molar-refractivity contribution >= 4 is 20.2 Å². The fourth-order valence-corrected chi connectivity index (χ4v) is 4.58. The summed E-state index contributed by atoms with van der Waals surface area (Å²) in [5, 5.41) is 0. The van der Waals surface area contributed by atoms with Crippen LogP contribution in [0.2, 0.25) is 0 Å². The number of hydrogen-bond donors (Lipinski definition) is 1. The van der Waals surface area contributed by atoms with Gasteiger partial charge in [-0.2, -0.15) is 8.42 Å². The molecule has 3 unspecified atom stereocenters. The van der Waals surface area contributed by atoms with Crippen LogP contribution >= 0.6 is 0 Å². The third kappa shape index (κ3) is 3.61. The lowest BCUT2D eigenvalue weighted by atomic mass is 9.98. The van der Waals surface area contributed by atoms with E-state index in [4.69, 9.17) is 0 Å². The molecule has 0 radical (unpaired) electrons. The molecule has 0 aromatic heterocycles. The summed E-state index contributed by atoms with van der Waals surface area (Å²) < 4.78 is 61.9. The first-order valence-corrected chi connectivity index (χ1v) is 9.55. The summed E-state index contributed by atoms with van der Waals surface area (Å²) in [6.07, 6.45) is 1.68. The Labute approximate surface area is 124 Å². The van der Waals surface area contributed by atoms with E-state index >= 15 is 0 Å². The zero-order chi connectivity index (χ0) is 15.8. The van der Waals surface area contributed by atoms with E-state index in [0.717, 1.165) is 25.0 Å². The van der Waals surface area contributed by atoms with Crippen LogP contribution in [0.15, 0.2) is 34.1 Å². The largest absolute Gasteiger partial charge is 0.332 e. The molecule has 0 amide bonds. The zero-order valence-corrected chi connectivity index (χ0v) is 13.4. The summed E-state index contributed by atoms with van der Waals surface area (Å²) in [4.78, 5) is -0.897. The topological polar surface area (TPSA) is 80.3 Å². The quantitative estimate of drug-likeness (QED) is 0.854. The first kappa shape index (κ1) is 16.4. The van der Waals surface area contributed by atoms with E-state index < -0.39 is 25.1 Å². The van der Waals surface area contributed by atoms with Crippen LogP contribution in [-0.4, -0.2) is 22.9 Å². The van der Waals surface area contributed by atoms with Crippen molar-refractivity contribution in [1.29, 1.82) is 0 Å². The van der Waals surface area contributed by atoms with Gasteiger partial charge in [-0.1, -0.05) is 19.9 Å². The standard InChI is InChI=1S/C13H18FNO4S2/c1-9-6-7-13(10(9)2)15-21(18,19)12-5-3-4-11(8-12)20(14,16)17/h3-5,8-10,13,15H,6-7H2,1-2H3. The van der Waals surface area contributed by atoms with Gasteiger partial charge in [-0.3, -0.25) is 0 Å². The fraction of sp³-hybridized carbons (Fsp3) is 0.538. The first-order valence-electron chi connectivity index (χ1n) is 6.68. The Balaban J connectivity index is 2.28. The summed E-state index contributed by atoms with van der Waals surface area (Å²) in [6.45, 7) is 4.04. The Morgan fingerprint density at radius 2 is 1.71 bits per heavy atom. The summed E-state index contributed by atoms with van der Waals surface area (Å²) in [5.74, 6) is 0.628. The average molecular weight is 335 g/mol. The van der Waals surface area contributed by atoms with Crippen LogP contribution in [0.1, 0.15) is 26.7 Å². The van der Waals surface area contributed by atoms with Crippen LogP contribution in [0.4, 0.5) is 3.89 Å². The van der Waals surface area contributed by atoms with Gasteiger partial charge < -0.3 is 0 Å². The minimum atomic E-state index is -4.92. The van der Waals surface area contributed by atoms with E-state index in [1.807, 2.05) is 6.92 Å². The predicted molar refractivity (Wildman–Crippen MR) is 76.4 cm³/mol. The summed E-state index contributed by atoms with van der Waals surface area (Å²) in [5.41, 5.74) is 0. The number of rotatable bonds is 4. The van der Waals surface area contributed by atoms with Crippen molar-refractivity contribution < 1.29 is 20.7 Å². The highest BCUT2D eigenvalue weighted by molar-refractivity contribution is 7.89. The van der Waals surface area contributed by atoms with Crippen molar-refractivity contribution in [2.75, 3.05) is 0 Å². The van der Waals surface area contributed by atoms with Crippen LogP contribution in [0.5, 0.6) is 0 Å². The van der Waals surface area contributed by atoms with E-state index in [1.54, 1.807) is 0 Å².